The number of anilines is 1. The molecule has 0 amide bonds. The van der Waals surface area contributed by atoms with Crippen LogP contribution in [-0.2, 0) is 19.5 Å². The van der Waals surface area contributed by atoms with Crippen LogP contribution in [0.4, 0.5) is 5.82 Å². The minimum absolute atomic E-state index is 0.632. The number of hydrogen-bond donors (Lipinski definition) is 1. The summed E-state index contributed by atoms with van der Waals surface area (Å²) in [5.74, 6) is 1.84. The van der Waals surface area contributed by atoms with Crippen LogP contribution in [0.25, 0.3) is 21.9 Å². The topological polar surface area (TPSA) is 63.1 Å². The molecular weight excluding hydrogens is 422 g/mol. The maximum absolute atomic E-state index is 11.4. The highest BCUT2D eigenvalue weighted by Crippen LogP contribution is 2.31. The average Bonchev–Trinajstić information content (AvgIpc) is 3.51. The number of fused-ring (bicyclic) bond motifs is 3. The van der Waals surface area contributed by atoms with E-state index >= 15 is 0 Å². The number of aldehydes is 1. The number of nitrogens with one attached hydrogen (secondary N) is 1. The Morgan fingerprint density at radius 3 is 2.41 bits per heavy atom. The van der Waals surface area contributed by atoms with Crippen LogP contribution >= 0.6 is 0 Å². The number of imidazole rings is 1. The lowest BCUT2D eigenvalue weighted by Crippen LogP contribution is -2.18. The van der Waals surface area contributed by atoms with E-state index in [9.17, 15) is 4.79 Å². The fraction of sp³-hybridized carbons (Fsp3) is 0.393. The van der Waals surface area contributed by atoms with E-state index in [1.807, 2.05) is 25.2 Å². The van der Waals surface area contributed by atoms with Crippen LogP contribution in [0.1, 0.15) is 59.9 Å². The van der Waals surface area contributed by atoms with Gasteiger partial charge in [0.05, 0.1) is 11.0 Å². The lowest BCUT2D eigenvalue weighted by atomic mass is 10.1. The fourth-order valence-electron chi connectivity index (χ4n) is 5.03. The summed E-state index contributed by atoms with van der Waals surface area (Å²) in [4.78, 5) is 23.7. The van der Waals surface area contributed by atoms with Crippen molar-refractivity contribution >= 4 is 34.0 Å². The van der Waals surface area contributed by atoms with Crippen molar-refractivity contribution in [2.24, 2.45) is 0 Å². The van der Waals surface area contributed by atoms with Crippen molar-refractivity contribution in [3.8, 4) is 0 Å². The molecule has 1 saturated heterocycles. The van der Waals surface area contributed by atoms with Crippen LogP contribution < -0.4 is 5.32 Å². The molecule has 2 aromatic carbocycles. The van der Waals surface area contributed by atoms with Gasteiger partial charge >= 0.3 is 0 Å². The predicted octanol–water partition coefficient (Wildman–Crippen LogP) is 5.43. The summed E-state index contributed by atoms with van der Waals surface area (Å²) < 4.78 is 2.35. The van der Waals surface area contributed by atoms with Gasteiger partial charge in [-0.25, -0.2) is 9.97 Å². The fourth-order valence-corrected chi connectivity index (χ4v) is 5.03. The number of aryl methyl sites for hydroxylation is 1. The van der Waals surface area contributed by atoms with Gasteiger partial charge in [-0.15, -0.1) is 0 Å². The number of benzene rings is 2. The Morgan fingerprint density at radius 1 is 1.00 bits per heavy atom. The molecule has 34 heavy (non-hydrogen) atoms. The predicted molar refractivity (Wildman–Crippen MR) is 139 cm³/mol. The SMILES string of the molecule is CCCCc1nc2c(NC)nc3cc(C=O)ccc3c2n1Cc1ccc(CN2CCCC2)cc1. The van der Waals surface area contributed by atoms with Crippen molar-refractivity contribution in [2.75, 3.05) is 25.5 Å². The third-order valence-corrected chi connectivity index (χ3v) is 6.88. The van der Waals surface area contributed by atoms with Crippen molar-refractivity contribution in [3.63, 3.8) is 0 Å². The van der Waals surface area contributed by atoms with Gasteiger partial charge in [0, 0.05) is 37.5 Å². The van der Waals surface area contributed by atoms with Crippen LogP contribution in [0.5, 0.6) is 0 Å². The van der Waals surface area contributed by atoms with Crippen LogP contribution in [-0.4, -0.2) is 45.9 Å². The molecule has 1 aliphatic heterocycles. The van der Waals surface area contributed by atoms with Gasteiger partial charge in [0.2, 0.25) is 0 Å². The van der Waals surface area contributed by atoms with Crippen LogP contribution in [0.15, 0.2) is 42.5 Å². The summed E-state index contributed by atoms with van der Waals surface area (Å²) in [7, 11) is 1.88. The van der Waals surface area contributed by atoms with Gasteiger partial charge < -0.3 is 9.88 Å². The number of rotatable bonds is 9. The van der Waals surface area contributed by atoms with Crippen LogP contribution in [0.3, 0.4) is 0 Å². The highest BCUT2D eigenvalue weighted by molar-refractivity contribution is 6.08. The van der Waals surface area contributed by atoms with Gasteiger partial charge in [0.15, 0.2) is 5.82 Å². The Balaban J connectivity index is 1.57. The molecule has 0 bridgehead atoms. The zero-order valence-corrected chi connectivity index (χ0v) is 20.2. The van der Waals surface area contributed by atoms with Gasteiger partial charge in [-0.05, 0) is 55.6 Å². The van der Waals surface area contributed by atoms with E-state index in [0.29, 0.717) is 5.56 Å². The Morgan fingerprint density at radius 2 is 1.74 bits per heavy atom. The van der Waals surface area contributed by atoms with E-state index in [4.69, 9.17) is 9.97 Å². The third kappa shape index (κ3) is 4.42. The number of hydrogen-bond acceptors (Lipinski definition) is 5. The molecule has 0 radical (unpaired) electrons. The van der Waals surface area contributed by atoms with Crippen molar-refractivity contribution in [1.82, 2.24) is 19.4 Å². The van der Waals surface area contributed by atoms with Gasteiger partial charge in [-0.1, -0.05) is 43.7 Å². The maximum Gasteiger partial charge on any atom is 0.154 e. The standard InChI is InChI=1S/C28H33N5O/c1-3-4-7-25-31-26-27(23-13-12-22(19-34)16-24(23)30-28(26)29-2)33(25)18-21-10-8-20(9-11-21)17-32-14-5-6-15-32/h8-13,16,19H,3-7,14-15,17-18H2,1-2H3,(H,29,30). The third-order valence-electron chi connectivity index (χ3n) is 6.88. The van der Waals surface area contributed by atoms with E-state index < -0.39 is 0 Å². The van der Waals surface area contributed by atoms with E-state index in [-0.39, 0.29) is 0 Å². The highest BCUT2D eigenvalue weighted by atomic mass is 16.1. The first-order valence-corrected chi connectivity index (χ1v) is 12.5. The number of carbonyl (C=O) groups excluding carboxylic acids is 1. The minimum atomic E-state index is 0.632. The molecule has 0 aliphatic carbocycles. The Bertz CT molecular complexity index is 1300. The van der Waals surface area contributed by atoms with Crippen LogP contribution in [0, 0.1) is 0 Å². The maximum atomic E-state index is 11.4. The Hall–Kier alpha value is -3.25. The van der Waals surface area contributed by atoms with Gasteiger partial charge in [0.1, 0.15) is 17.6 Å². The summed E-state index contributed by atoms with van der Waals surface area (Å²) in [5.41, 5.74) is 6.06. The van der Waals surface area contributed by atoms with Gasteiger partial charge in [-0.2, -0.15) is 0 Å². The molecule has 6 nitrogen and oxygen atoms in total. The molecule has 0 saturated carbocycles. The van der Waals surface area contributed by atoms with Gasteiger partial charge in [-0.3, -0.25) is 9.69 Å². The lowest BCUT2D eigenvalue weighted by Gasteiger charge is -2.15. The molecule has 1 aliphatic rings. The number of nitrogens with zero attached hydrogens (tertiary/aromatic N) is 4. The number of pyridine rings is 1. The molecule has 4 aromatic rings. The molecule has 0 atom stereocenters. The molecular formula is C28H33N5O. The minimum Gasteiger partial charge on any atom is -0.371 e. The second-order valence-electron chi connectivity index (χ2n) is 9.32. The summed E-state index contributed by atoms with van der Waals surface area (Å²) in [6, 6.07) is 14.8. The molecule has 2 aromatic heterocycles. The second-order valence-corrected chi connectivity index (χ2v) is 9.32. The first kappa shape index (κ1) is 22.5. The lowest BCUT2D eigenvalue weighted by molar-refractivity contribution is 0.112. The summed E-state index contributed by atoms with van der Waals surface area (Å²) in [6.07, 6.45) is 6.64. The van der Waals surface area contributed by atoms with E-state index in [1.165, 1.54) is 37.1 Å². The molecule has 0 unspecified atom stereocenters. The van der Waals surface area contributed by atoms with Crippen molar-refractivity contribution in [3.05, 3.63) is 65.0 Å². The Kier molecular flexibility index (Phi) is 6.59. The van der Waals surface area contributed by atoms with Crippen molar-refractivity contribution in [2.45, 2.75) is 52.1 Å². The van der Waals surface area contributed by atoms with E-state index in [2.05, 4.69) is 46.0 Å². The molecule has 3 heterocycles. The number of aromatic nitrogens is 3. The molecule has 0 spiro atoms. The van der Waals surface area contributed by atoms with E-state index in [0.717, 1.165) is 72.2 Å². The number of unbranched alkanes of at least 4 members (excludes halogenated alkanes) is 1. The zero-order chi connectivity index (χ0) is 23.5. The molecule has 6 heteroatoms. The number of likely N-dealkylation sites (tertiary alicyclic amines) is 1. The first-order valence-electron chi connectivity index (χ1n) is 12.5. The quantitative estimate of drug-likeness (QED) is 0.341. The summed E-state index contributed by atoms with van der Waals surface area (Å²) in [6.45, 7) is 6.44. The summed E-state index contributed by atoms with van der Waals surface area (Å²) >= 11 is 0. The van der Waals surface area contributed by atoms with Gasteiger partial charge in [0.25, 0.3) is 0 Å². The zero-order valence-electron chi connectivity index (χ0n) is 20.2. The Labute approximate surface area is 201 Å². The molecule has 5 rings (SSSR count). The smallest absolute Gasteiger partial charge is 0.154 e. The number of carbonyl (C=O) groups is 1. The molecule has 1 N–H and O–H groups in total. The van der Waals surface area contributed by atoms with E-state index in [1.54, 1.807) is 0 Å². The normalized spacial score (nSPS) is 14.3. The molecule has 176 valence electrons. The average molecular weight is 456 g/mol. The first-order chi connectivity index (χ1) is 16.7. The van der Waals surface area contributed by atoms with Crippen LogP contribution in [0.2, 0.25) is 0 Å². The van der Waals surface area contributed by atoms with Crippen molar-refractivity contribution < 1.29 is 4.79 Å². The van der Waals surface area contributed by atoms with Crippen molar-refractivity contribution in [1.29, 1.82) is 0 Å². The molecule has 1 fully saturated rings. The highest BCUT2D eigenvalue weighted by Gasteiger charge is 2.19. The monoisotopic (exact) mass is 455 g/mol. The second kappa shape index (κ2) is 9.94. The summed E-state index contributed by atoms with van der Waals surface area (Å²) in [5, 5.41) is 4.25. The largest absolute Gasteiger partial charge is 0.371 e.